The molecule has 0 aromatic heterocycles. The largest absolute Gasteiger partial charge is 0.338 e. The highest BCUT2D eigenvalue weighted by atomic mass is 35.5. The van der Waals surface area contributed by atoms with E-state index in [1.165, 1.54) is 18.2 Å². The summed E-state index contributed by atoms with van der Waals surface area (Å²) in [6, 6.07) is 11.3. The summed E-state index contributed by atoms with van der Waals surface area (Å²) in [6.07, 6.45) is 0.941. The van der Waals surface area contributed by atoms with E-state index in [0.717, 1.165) is 12.0 Å². The van der Waals surface area contributed by atoms with E-state index < -0.39 is 10.0 Å². The molecule has 1 aliphatic rings. The van der Waals surface area contributed by atoms with Crippen LogP contribution in [0.5, 0.6) is 0 Å². The molecular weight excluding hydrogens is 372 g/mol. The van der Waals surface area contributed by atoms with E-state index in [4.69, 9.17) is 11.6 Å². The number of carbonyl (C=O) groups is 1. The minimum atomic E-state index is -3.82. The van der Waals surface area contributed by atoms with Gasteiger partial charge in [-0.15, -0.1) is 0 Å². The molecule has 2 aromatic carbocycles. The van der Waals surface area contributed by atoms with Crippen molar-refractivity contribution in [3.63, 3.8) is 0 Å². The molecule has 2 aromatic rings. The molecule has 1 aliphatic heterocycles. The summed E-state index contributed by atoms with van der Waals surface area (Å²) < 4.78 is 27.9. The molecule has 1 fully saturated rings. The van der Waals surface area contributed by atoms with Gasteiger partial charge in [-0.25, -0.2) is 8.42 Å². The predicted molar refractivity (Wildman–Crippen MR) is 103 cm³/mol. The Bertz CT molecular complexity index is 944. The quantitative estimate of drug-likeness (QED) is 0.857. The molecule has 1 N–H and O–H groups in total. The van der Waals surface area contributed by atoms with Crippen LogP contribution < -0.4 is 4.72 Å². The highest BCUT2D eigenvalue weighted by Crippen LogP contribution is 2.26. The average molecular weight is 393 g/mol. The Morgan fingerprint density at radius 3 is 2.65 bits per heavy atom. The van der Waals surface area contributed by atoms with Gasteiger partial charge in [-0.3, -0.25) is 9.52 Å². The maximum Gasteiger partial charge on any atom is 0.261 e. The van der Waals surface area contributed by atoms with E-state index in [0.29, 0.717) is 24.7 Å². The van der Waals surface area contributed by atoms with Gasteiger partial charge in [0.2, 0.25) is 0 Å². The molecule has 0 spiro atoms. The molecule has 1 amide bonds. The SMILES string of the molecule is Cc1cccc(NS(=O)(=O)c2ccc(Cl)c(C(=O)N3CCC(C)C3)c2)c1. The average Bonchev–Trinajstić information content (AvgIpc) is 3.00. The van der Waals surface area contributed by atoms with Crippen LogP contribution >= 0.6 is 11.6 Å². The second-order valence-electron chi connectivity index (χ2n) is 6.76. The number of anilines is 1. The van der Waals surface area contributed by atoms with Gasteiger partial charge in [0.05, 0.1) is 15.5 Å². The van der Waals surface area contributed by atoms with Crippen molar-refractivity contribution < 1.29 is 13.2 Å². The molecule has 1 saturated heterocycles. The molecule has 0 aliphatic carbocycles. The van der Waals surface area contributed by atoms with E-state index in [1.54, 1.807) is 23.1 Å². The van der Waals surface area contributed by atoms with Crippen LogP contribution in [-0.2, 0) is 10.0 Å². The number of nitrogens with one attached hydrogen (secondary N) is 1. The summed E-state index contributed by atoms with van der Waals surface area (Å²) in [7, 11) is -3.82. The van der Waals surface area contributed by atoms with Crippen LogP contribution in [0.15, 0.2) is 47.4 Å². The third kappa shape index (κ3) is 4.02. The standard InChI is InChI=1S/C19H21ClN2O3S/c1-13-4-3-5-15(10-13)21-26(24,25)16-6-7-18(20)17(11-16)19(23)22-9-8-14(2)12-22/h3-7,10-11,14,21H,8-9,12H2,1-2H3. The van der Waals surface area contributed by atoms with E-state index in [9.17, 15) is 13.2 Å². The Balaban J connectivity index is 1.89. The minimum Gasteiger partial charge on any atom is -0.338 e. The summed E-state index contributed by atoms with van der Waals surface area (Å²) >= 11 is 6.17. The zero-order chi connectivity index (χ0) is 18.9. The smallest absolute Gasteiger partial charge is 0.261 e. The van der Waals surface area contributed by atoms with Gasteiger partial charge >= 0.3 is 0 Å². The zero-order valence-electron chi connectivity index (χ0n) is 14.7. The van der Waals surface area contributed by atoms with Crippen molar-refractivity contribution in [3.05, 3.63) is 58.6 Å². The summed E-state index contributed by atoms with van der Waals surface area (Å²) in [5, 5.41) is 0.254. The first kappa shape index (κ1) is 18.7. The fourth-order valence-corrected chi connectivity index (χ4v) is 4.32. The van der Waals surface area contributed by atoms with E-state index in [2.05, 4.69) is 11.6 Å². The Kier molecular flexibility index (Phi) is 5.25. The number of hydrogen-bond donors (Lipinski definition) is 1. The summed E-state index contributed by atoms with van der Waals surface area (Å²) in [6.45, 7) is 5.29. The predicted octanol–water partition coefficient (Wildman–Crippen LogP) is 3.93. The van der Waals surface area contributed by atoms with Gasteiger partial charge < -0.3 is 4.90 Å². The van der Waals surface area contributed by atoms with Crippen molar-refractivity contribution in [3.8, 4) is 0 Å². The lowest BCUT2D eigenvalue weighted by atomic mass is 10.2. The van der Waals surface area contributed by atoms with Crippen LogP contribution in [0.3, 0.4) is 0 Å². The summed E-state index contributed by atoms with van der Waals surface area (Å²) in [5.41, 5.74) is 1.63. The van der Waals surface area contributed by atoms with Gasteiger partial charge in [0.15, 0.2) is 0 Å². The number of sulfonamides is 1. The van der Waals surface area contributed by atoms with Crippen LogP contribution in [0.4, 0.5) is 5.69 Å². The molecule has 1 unspecified atom stereocenters. The molecule has 1 atom stereocenters. The third-order valence-corrected chi connectivity index (χ3v) is 6.17. The number of likely N-dealkylation sites (tertiary alicyclic amines) is 1. The number of rotatable bonds is 4. The summed E-state index contributed by atoms with van der Waals surface area (Å²) in [5.74, 6) is 0.208. The van der Waals surface area contributed by atoms with Crippen molar-refractivity contribution in [1.82, 2.24) is 4.90 Å². The Morgan fingerprint density at radius 2 is 2.00 bits per heavy atom. The van der Waals surface area contributed by atoms with Crippen LogP contribution in [0.1, 0.15) is 29.3 Å². The molecule has 0 bridgehead atoms. The van der Waals surface area contributed by atoms with Gasteiger partial charge in [-0.05, 0) is 55.2 Å². The van der Waals surface area contributed by atoms with Crippen molar-refractivity contribution in [2.24, 2.45) is 5.92 Å². The third-order valence-electron chi connectivity index (χ3n) is 4.46. The lowest BCUT2D eigenvalue weighted by molar-refractivity contribution is 0.0788. The number of amides is 1. The molecule has 5 nitrogen and oxygen atoms in total. The van der Waals surface area contributed by atoms with Crippen LogP contribution in [0.2, 0.25) is 5.02 Å². The fraction of sp³-hybridized carbons (Fsp3) is 0.316. The van der Waals surface area contributed by atoms with Crippen molar-refractivity contribution in [2.45, 2.75) is 25.2 Å². The minimum absolute atomic E-state index is 0.0130. The van der Waals surface area contributed by atoms with Gasteiger partial charge in [-0.1, -0.05) is 30.7 Å². The number of carbonyl (C=O) groups excluding carboxylic acids is 1. The normalized spacial score (nSPS) is 17.3. The molecule has 7 heteroatoms. The highest BCUT2D eigenvalue weighted by Gasteiger charge is 2.27. The topological polar surface area (TPSA) is 66.5 Å². The molecule has 0 radical (unpaired) electrons. The van der Waals surface area contributed by atoms with Crippen molar-refractivity contribution >= 4 is 33.2 Å². The first-order valence-corrected chi connectivity index (χ1v) is 10.3. The highest BCUT2D eigenvalue weighted by molar-refractivity contribution is 7.92. The van der Waals surface area contributed by atoms with Gasteiger partial charge in [0.1, 0.15) is 0 Å². The first-order chi connectivity index (χ1) is 12.3. The van der Waals surface area contributed by atoms with E-state index >= 15 is 0 Å². The molecule has 0 saturated carbocycles. The number of benzene rings is 2. The molecule has 3 rings (SSSR count). The lowest BCUT2D eigenvalue weighted by Crippen LogP contribution is -2.29. The Morgan fingerprint density at radius 1 is 1.23 bits per heavy atom. The van der Waals surface area contributed by atoms with E-state index in [-0.39, 0.29) is 21.4 Å². The van der Waals surface area contributed by atoms with Gasteiger partial charge in [-0.2, -0.15) is 0 Å². The molecule has 26 heavy (non-hydrogen) atoms. The molecule has 1 heterocycles. The van der Waals surface area contributed by atoms with E-state index in [1.807, 2.05) is 13.0 Å². The second kappa shape index (κ2) is 7.29. The maximum absolute atomic E-state index is 12.7. The van der Waals surface area contributed by atoms with Crippen LogP contribution in [0, 0.1) is 12.8 Å². The zero-order valence-corrected chi connectivity index (χ0v) is 16.3. The van der Waals surface area contributed by atoms with Crippen molar-refractivity contribution in [1.29, 1.82) is 0 Å². The first-order valence-electron chi connectivity index (χ1n) is 8.44. The number of aryl methyl sites for hydroxylation is 1. The van der Waals surface area contributed by atoms with Crippen molar-refractivity contribution in [2.75, 3.05) is 17.8 Å². The monoisotopic (exact) mass is 392 g/mol. The van der Waals surface area contributed by atoms with Crippen LogP contribution in [0.25, 0.3) is 0 Å². The van der Waals surface area contributed by atoms with Gasteiger partial charge in [0.25, 0.3) is 15.9 Å². The number of hydrogen-bond acceptors (Lipinski definition) is 3. The maximum atomic E-state index is 12.7. The summed E-state index contributed by atoms with van der Waals surface area (Å²) in [4.78, 5) is 14.5. The van der Waals surface area contributed by atoms with Crippen LogP contribution in [-0.4, -0.2) is 32.3 Å². The number of nitrogens with zero attached hydrogens (tertiary/aromatic N) is 1. The lowest BCUT2D eigenvalue weighted by Gasteiger charge is -2.17. The fourth-order valence-electron chi connectivity index (χ4n) is 3.05. The molecular formula is C19H21ClN2O3S. The molecule has 138 valence electrons. The Labute approximate surface area is 159 Å². The Hall–Kier alpha value is -2.05. The van der Waals surface area contributed by atoms with Gasteiger partial charge in [0, 0.05) is 18.8 Å². The number of halogens is 1. The second-order valence-corrected chi connectivity index (χ2v) is 8.85.